The summed E-state index contributed by atoms with van der Waals surface area (Å²) in [4.78, 5) is 2.66. The van der Waals surface area contributed by atoms with Gasteiger partial charge >= 0.3 is 0 Å². The van der Waals surface area contributed by atoms with Crippen molar-refractivity contribution in [2.24, 2.45) is 0 Å². The summed E-state index contributed by atoms with van der Waals surface area (Å²) in [6.45, 7) is 9.39. The number of likely N-dealkylation sites (tertiary alicyclic amines) is 1. The molecule has 0 radical (unpaired) electrons. The molecule has 2 rings (SSSR count). The van der Waals surface area contributed by atoms with Crippen LogP contribution in [0, 0.1) is 0 Å². The van der Waals surface area contributed by atoms with Crippen molar-refractivity contribution >= 4 is 5.69 Å². The molecule has 1 fully saturated rings. The Kier molecular flexibility index (Phi) is 3.96. The average molecular weight is 246 g/mol. The predicted octanol–water partition coefficient (Wildman–Crippen LogP) is 3.42. The van der Waals surface area contributed by atoms with Gasteiger partial charge in [0, 0.05) is 23.7 Å². The van der Waals surface area contributed by atoms with E-state index in [-0.39, 0.29) is 5.41 Å². The van der Waals surface area contributed by atoms with E-state index >= 15 is 0 Å². The molecule has 100 valence electrons. The van der Waals surface area contributed by atoms with Crippen molar-refractivity contribution in [2.75, 3.05) is 18.8 Å². The lowest BCUT2D eigenvalue weighted by Crippen LogP contribution is -2.39. The van der Waals surface area contributed by atoms with Crippen molar-refractivity contribution in [3.05, 3.63) is 29.8 Å². The van der Waals surface area contributed by atoms with Crippen molar-refractivity contribution in [1.82, 2.24) is 4.90 Å². The number of hydrogen-bond donors (Lipinski definition) is 1. The largest absolute Gasteiger partial charge is 0.399 e. The molecule has 18 heavy (non-hydrogen) atoms. The van der Waals surface area contributed by atoms with Gasteiger partial charge in [0.15, 0.2) is 0 Å². The van der Waals surface area contributed by atoms with E-state index in [9.17, 15) is 0 Å². The van der Waals surface area contributed by atoms with E-state index in [1.165, 1.54) is 31.4 Å². The van der Waals surface area contributed by atoms with Crippen LogP contribution in [0.1, 0.15) is 45.6 Å². The lowest BCUT2D eigenvalue weighted by atomic mass is 9.83. The fourth-order valence-corrected chi connectivity index (χ4v) is 3.10. The molecule has 1 aliphatic heterocycles. The number of nitrogens with two attached hydrogens (primary N) is 1. The summed E-state index contributed by atoms with van der Waals surface area (Å²) in [6.07, 6.45) is 4.00. The molecule has 1 atom stereocenters. The molecule has 0 bridgehead atoms. The van der Waals surface area contributed by atoms with Crippen LogP contribution in [-0.4, -0.2) is 24.0 Å². The Bertz CT molecular complexity index is 381. The summed E-state index contributed by atoms with van der Waals surface area (Å²) < 4.78 is 0. The first-order valence-electron chi connectivity index (χ1n) is 7.13. The Hall–Kier alpha value is -1.02. The van der Waals surface area contributed by atoms with Gasteiger partial charge in [0.25, 0.3) is 0 Å². The van der Waals surface area contributed by atoms with Crippen LogP contribution >= 0.6 is 0 Å². The van der Waals surface area contributed by atoms with Crippen molar-refractivity contribution < 1.29 is 0 Å². The molecule has 2 N–H and O–H groups in total. The number of benzene rings is 1. The predicted molar refractivity (Wildman–Crippen MR) is 78.8 cm³/mol. The standard InChI is InChI=1S/C16H26N2/c1-4-15-6-5-11-18(15)12-16(2,3)13-7-9-14(17)10-8-13/h7-10,15H,4-6,11-12,17H2,1-3H3. The molecule has 2 heteroatoms. The quantitative estimate of drug-likeness (QED) is 0.825. The van der Waals surface area contributed by atoms with E-state index in [4.69, 9.17) is 5.73 Å². The number of anilines is 1. The van der Waals surface area contributed by atoms with Crippen LogP contribution in [0.3, 0.4) is 0 Å². The van der Waals surface area contributed by atoms with Crippen LogP contribution in [0.15, 0.2) is 24.3 Å². The summed E-state index contributed by atoms with van der Waals surface area (Å²) >= 11 is 0. The van der Waals surface area contributed by atoms with Crippen LogP contribution in [0.25, 0.3) is 0 Å². The maximum absolute atomic E-state index is 5.77. The molecule has 1 aromatic carbocycles. The second-order valence-corrected chi connectivity index (χ2v) is 6.18. The Balaban J connectivity index is 2.08. The molecule has 0 aliphatic carbocycles. The van der Waals surface area contributed by atoms with Crippen molar-refractivity contribution in [3.8, 4) is 0 Å². The molecule has 0 aromatic heterocycles. The molecule has 0 amide bonds. The lowest BCUT2D eigenvalue weighted by Gasteiger charge is -2.34. The summed E-state index contributed by atoms with van der Waals surface area (Å²) in [7, 11) is 0. The number of hydrogen-bond acceptors (Lipinski definition) is 2. The molecule has 2 nitrogen and oxygen atoms in total. The second kappa shape index (κ2) is 5.31. The van der Waals surface area contributed by atoms with E-state index in [0.29, 0.717) is 0 Å². The van der Waals surface area contributed by atoms with Crippen LogP contribution in [-0.2, 0) is 5.41 Å². The minimum atomic E-state index is 0.200. The lowest BCUT2D eigenvalue weighted by molar-refractivity contribution is 0.203. The van der Waals surface area contributed by atoms with Gasteiger partial charge in [0.05, 0.1) is 0 Å². The molecule has 1 unspecified atom stereocenters. The third-order valence-electron chi connectivity index (χ3n) is 4.26. The highest BCUT2D eigenvalue weighted by molar-refractivity contribution is 5.41. The summed E-state index contributed by atoms with van der Waals surface area (Å²) in [6, 6.07) is 9.16. The molecule has 0 spiro atoms. The average Bonchev–Trinajstić information content (AvgIpc) is 2.76. The Labute approximate surface area is 111 Å². The van der Waals surface area contributed by atoms with Crippen LogP contribution in [0.4, 0.5) is 5.69 Å². The third-order valence-corrected chi connectivity index (χ3v) is 4.26. The van der Waals surface area contributed by atoms with E-state index < -0.39 is 0 Å². The van der Waals surface area contributed by atoms with Crippen LogP contribution in [0.2, 0.25) is 0 Å². The molecule has 1 aliphatic rings. The van der Waals surface area contributed by atoms with E-state index in [1.54, 1.807) is 0 Å². The zero-order valence-corrected chi connectivity index (χ0v) is 11.9. The maximum atomic E-state index is 5.77. The van der Waals surface area contributed by atoms with E-state index in [0.717, 1.165) is 18.3 Å². The van der Waals surface area contributed by atoms with E-state index in [2.05, 4.69) is 37.8 Å². The molecule has 1 saturated heterocycles. The summed E-state index contributed by atoms with van der Waals surface area (Å²) in [5.74, 6) is 0. The monoisotopic (exact) mass is 246 g/mol. The molecular weight excluding hydrogens is 220 g/mol. The highest BCUT2D eigenvalue weighted by atomic mass is 15.2. The third kappa shape index (κ3) is 2.86. The van der Waals surface area contributed by atoms with Gasteiger partial charge in [-0.05, 0) is 43.5 Å². The number of nitrogen functional groups attached to an aromatic ring is 1. The topological polar surface area (TPSA) is 29.3 Å². The number of rotatable bonds is 4. The smallest absolute Gasteiger partial charge is 0.0314 e. The fourth-order valence-electron chi connectivity index (χ4n) is 3.10. The van der Waals surface area contributed by atoms with Gasteiger partial charge in [0.2, 0.25) is 0 Å². The van der Waals surface area contributed by atoms with Crippen LogP contribution in [0.5, 0.6) is 0 Å². The highest BCUT2D eigenvalue weighted by Crippen LogP contribution is 2.29. The minimum absolute atomic E-state index is 0.200. The first kappa shape index (κ1) is 13.4. The van der Waals surface area contributed by atoms with Crippen molar-refractivity contribution in [3.63, 3.8) is 0 Å². The van der Waals surface area contributed by atoms with Gasteiger partial charge in [-0.25, -0.2) is 0 Å². The second-order valence-electron chi connectivity index (χ2n) is 6.18. The zero-order chi connectivity index (χ0) is 13.2. The SMILES string of the molecule is CCC1CCCN1CC(C)(C)c1ccc(N)cc1. The Morgan fingerprint density at radius 1 is 1.28 bits per heavy atom. The highest BCUT2D eigenvalue weighted by Gasteiger charge is 2.30. The van der Waals surface area contributed by atoms with Gasteiger partial charge in [0.1, 0.15) is 0 Å². The summed E-state index contributed by atoms with van der Waals surface area (Å²) in [5, 5.41) is 0. The molecule has 1 heterocycles. The minimum Gasteiger partial charge on any atom is -0.399 e. The normalized spacial score (nSPS) is 21.4. The van der Waals surface area contributed by atoms with Crippen LogP contribution < -0.4 is 5.73 Å². The molecule has 0 saturated carbocycles. The van der Waals surface area contributed by atoms with Gasteiger partial charge in [-0.15, -0.1) is 0 Å². The Morgan fingerprint density at radius 3 is 2.56 bits per heavy atom. The van der Waals surface area contributed by atoms with Gasteiger partial charge < -0.3 is 5.73 Å². The fraction of sp³-hybridized carbons (Fsp3) is 0.625. The Morgan fingerprint density at radius 2 is 1.94 bits per heavy atom. The van der Waals surface area contributed by atoms with Gasteiger partial charge in [-0.2, -0.15) is 0 Å². The van der Waals surface area contributed by atoms with Gasteiger partial charge in [-0.3, -0.25) is 4.90 Å². The van der Waals surface area contributed by atoms with Crippen molar-refractivity contribution in [2.45, 2.75) is 51.5 Å². The maximum Gasteiger partial charge on any atom is 0.0314 e. The first-order valence-corrected chi connectivity index (χ1v) is 7.13. The van der Waals surface area contributed by atoms with Crippen molar-refractivity contribution in [1.29, 1.82) is 0 Å². The molecular formula is C16H26N2. The number of nitrogens with zero attached hydrogens (tertiary/aromatic N) is 1. The van der Waals surface area contributed by atoms with E-state index in [1.807, 2.05) is 12.1 Å². The zero-order valence-electron chi connectivity index (χ0n) is 11.9. The first-order chi connectivity index (χ1) is 8.53. The summed E-state index contributed by atoms with van der Waals surface area (Å²) in [5.41, 5.74) is 8.20. The molecule has 1 aromatic rings. The van der Waals surface area contributed by atoms with Gasteiger partial charge in [-0.1, -0.05) is 32.9 Å².